The van der Waals surface area contributed by atoms with Crippen molar-refractivity contribution in [2.24, 2.45) is 5.92 Å². The molecule has 1 rings (SSSR count). The molecule has 0 aromatic heterocycles. The fourth-order valence-electron chi connectivity index (χ4n) is 2.37. The molecule has 0 amide bonds. The number of methoxy groups -OCH3 is 3. The lowest BCUT2D eigenvalue weighted by Crippen LogP contribution is -2.42. The largest absolute Gasteiger partial charge is 0.469 e. The Hall–Kier alpha value is -2.20. The predicted molar refractivity (Wildman–Crippen MR) is 86.8 cm³/mol. The number of carbonyl (C=O) groups excluding carboxylic acids is 4. The number of halogens is 4. The number of esters is 3. The van der Waals surface area contributed by atoms with E-state index < -0.39 is 54.3 Å². The highest BCUT2D eigenvalue weighted by molar-refractivity contribution is 6.03. The number of ketones is 1. The zero-order valence-corrected chi connectivity index (χ0v) is 15.9. The molecule has 1 fully saturated rings. The smallest absolute Gasteiger partial charge is 0.376 e. The van der Waals surface area contributed by atoms with E-state index in [0.717, 1.165) is 14.2 Å². The Kier molecular flexibility index (Phi) is 10.7. The molecule has 1 aliphatic rings. The van der Waals surface area contributed by atoms with E-state index in [9.17, 15) is 36.7 Å². The van der Waals surface area contributed by atoms with Gasteiger partial charge in [0.1, 0.15) is 5.92 Å². The number of ether oxygens (including phenoxy) is 3. The second kappa shape index (κ2) is 11.6. The summed E-state index contributed by atoms with van der Waals surface area (Å²) in [5, 5.41) is 0. The van der Waals surface area contributed by atoms with Gasteiger partial charge in [0, 0.05) is 19.3 Å². The molecular formula is C17H24F4O7. The molecule has 0 bridgehead atoms. The van der Waals surface area contributed by atoms with Crippen molar-refractivity contribution < 1.29 is 51.0 Å². The van der Waals surface area contributed by atoms with E-state index in [-0.39, 0.29) is 32.1 Å². The third-order valence-electron chi connectivity index (χ3n) is 3.98. The lowest BCUT2D eigenvalue weighted by molar-refractivity contribution is -0.169. The van der Waals surface area contributed by atoms with Gasteiger partial charge in [0.25, 0.3) is 0 Å². The lowest BCUT2D eigenvalue weighted by atomic mass is 9.85. The predicted octanol–water partition coefficient (Wildman–Crippen LogP) is 2.69. The van der Waals surface area contributed by atoms with E-state index in [1.54, 1.807) is 0 Å². The molecule has 0 aromatic carbocycles. The van der Waals surface area contributed by atoms with Crippen LogP contribution in [0, 0.1) is 5.92 Å². The van der Waals surface area contributed by atoms with Crippen molar-refractivity contribution in [2.75, 3.05) is 21.3 Å². The second-order valence-electron chi connectivity index (χ2n) is 6.02. The first-order chi connectivity index (χ1) is 12.9. The Labute approximate surface area is 159 Å². The van der Waals surface area contributed by atoms with Crippen molar-refractivity contribution in [3.05, 3.63) is 0 Å². The van der Waals surface area contributed by atoms with Crippen LogP contribution in [0.4, 0.5) is 17.6 Å². The summed E-state index contributed by atoms with van der Waals surface area (Å²) >= 11 is 0. The van der Waals surface area contributed by atoms with Crippen LogP contribution in [0.3, 0.4) is 0 Å². The van der Waals surface area contributed by atoms with Crippen LogP contribution in [0.25, 0.3) is 0 Å². The highest BCUT2D eigenvalue weighted by Gasteiger charge is 2.48. The topological polar surface area (TPSA) is 96.0 Å². The van der Waals surface area contributed by atoms with E-state index in [1.165, 1.54) is 7.11 Å². The molecule has 28 heavy (non-hydrogen) atoms. The van der Waals surface area contributed by atoms with Gasteiger partial charge in [-0.1, -0.05) is 0 Å². The van der Waals surface area contributed by atoms with Crippen molar-refractivity contribution in [3.63, 3.8) is 0 Å². The molecule has 0 radical (unpaired) electrons. The SMILES string of the molecule is COC(=O)C1CCCC(F)(F)C1=O.COC(=O)CCCCC(F)(F)C(=O)OC. The van der Waals surface area contributed by atoms with Gasteiger partial charge >= 0.3 is 29.8 Å². The van der Waals surface area contributed by atoms with Crippen LogP contribution in [0.5, 0.6) is 0 Å². The minimum Gasteiger partial charge on any atom is -0.469 e. The standard InChI is InChI=1S/C9H14F2O4.C8H10F2O3/c1-14-7(12)5-3-4-6-9(10,11)8(13)15-2;1-13-7(12)5-3-2-4-8(9,10)6(5)11/h3-6H2,1-2H3;5H,2-4H2,1H3. The summed E-state index contributed by atoms with van der Waals surface area (Å²) in [5.74, 6) is -12.2. The Morgan fingerprint density at radius 3 is 2.18 bits per heavy atom. The van der Waals surface area contributed by atoms with Crippen LogP contribution in [0.1, 0.15) is 44.9 Å². The molecule has 0 heterocycles. The number of alkyl halides is 4. The number of hydrogen-bond donors (Lipinski definition) is 0. The van der Waals surface area contributed by atoms with Crippen LogP contribution in [0.15, 0.2) is 0 Å². The van der Waals surface area contributed by atoms with Gasteiger partial charge in [0.05, 0.1) is 21.3 Å². The van der Waals surface area contributed by atoms with Gasteiger partial charge < -0.3 is 14.2 Å². The van der Waals surface area contributed by atoms with E-state index in [4.69, 9.17) is 0 Å². The highest BCUT2D eigenvalue weighted by atomic mass is 19.3. The van der Waals surface area contributed by atoms with E-state index in [2.05, 4.69) is 14.2 Å². The maximum absolute atomic E-state index is 12.8. The van der Waals surface area contributed by atoms with E-state index in [0.29, 0.717) is 0 Å². The number of rotatable bonds is 7. The maximum atomic E-state index is 12.8. The zero-order chi connectivity index (χ0) is 22.0. The molecule has 11 heteroatoms. The van der Waals surface area contributed by atoms with Crippen LogP contribution in [-0.2, 0) is 33.4 Å². The van der Waals surface area contributed by atoms with E-state index >= 15 is 0 Å². The summed E-state index contributed by atoms with van der Waals surface area (Å²) in [7, 11) is 3.22. The monoisotopic (exact) mass is 416 g/mol. The van der Waals surface area contributed by atoms with Gasteiger partial charge in [-0.15, -0.1) is 0 Å². The summed E-state index contributed by atoms with van der Waals surface area (Å²) in [6.07, 6.45) is -0.320. The minimum atomic E-state index is -3.47. The molecular weight excluding hydrogens is 392 g/mol. The van der Waals surface area contributed by atoms with Gasteiger partial charge in [0.15, 0.2) is 0 Å². The Balaban J connectivity index is 0.000000525. The molecule has 1 unspecified atom stereocenters. The first kappa shape index (κ1) is 25.8. The number of carbonyl (C=O) groups is 4. The Morgan fingerprint density at radius 1 is 1.07 bits per heavy atom. The number of hydrogen-bond acceptors (Lipinski definition) is 7. The average molecular weight is 416 g/mol. The van der Waals surface area contributed by atoms with Crippen LogP contribution < -0.4 is 0 Å². The first-order valence-electron chi connectivity index (χ1n) is 8.46. The summed E-state index contributed by atoms with van der Waals surface area (Å²) in [6, 6.07) is 0. The zero-order valence-electron chi connectivity index (χ0n) is 15.9. The van der Waals surface area contributed by atoms with Crippen molar-refractivity contribution in [2.45, 2.75) is 56.8 Å². The molecule has 0 spiro atoms. The molecule has 162 valence electrons. The molecule has 0 aromatic rings. The fraction of sp³-hybridized carbons (Fsp3) is 0.765. The van der Waals surface area contributed by atoms with Crippen molar-refractivity contribution in [1.82, 2.24) is 0 Å². The molecule has 1 atom stereocenters. The van der Waals surface area contributed by atoms with Crippen molar-refractivity contribution >= 4 is 23.7 Å². The molecule has 0 aliphatic heterocycles. The fourth-order valence-corrected chi connectivity index (χ4v) is 2.37. The van der Waals surface area contributed by atoms with Crippen molar-refractivity contribution in [1.29, 1.82) is 0 Å². The maximum Gasteiger partial charge on any atom is 0.376 e. The van der Waals surface area contributed by atoms with Crippen molar-refractivity contribution in [3.8, 4) is 0 Å². The van der Waals surface area contributed by atoms with Gasteiger partial charge in [-0.2, -0.15) is 17.6 Å². The van der Waals surface area contributed by atoms with Gasteiger partial charge in [0.2, 0.25) is 5.78 Å². The molecule has 1 aliphatic carbocycles. The van der Waals surface area contributed by atoms with E-state index in [1.807, 2.05) is 0 Å². The van der Waals surface area contributed by atoms with Gasteiger partial charge in [-0.3, -0.25) is 14.4 Å². The number of unbranched alkanes of at least 4 members (excludes halogenated alkanes) is 1. The third-order valence-corrected chi connectivity index (χ3v) is 3.98. The molecule has 0 N–H and O–H groups in total. The van der Waals surface area contributed by atoms with Gasteiger partial charge in [-0.05, 0) is 25.7 Å². The normalized spacial score (nSPS) is 18.4. The summed E-state index contributed by atoms with van der Waals surface area (Å²) in [5.41, 5.74) is 0. The first-order valence-corrected chi connectivity index (χ1v) is 8.46. The summed E-state index contributed by atoms with van der Waals surface area (Å²) < 4.78 is 63.8. The Morgan fingerprint density at radius 2 is 1.68 bits per heavy atom. The summed E-state index contributed by atoms with van der Waals surface area (Å²) in [6.45, 7) is 0. The quantitative estimate of drug-likeness (QED) is 0.207. The second-order valence-corrected chi connectivity index (χ2v) is 6.02. The molecule has 7 nitrogen and oxygen atoms in total. The van der Waals surface area contributed by atoms with Crippen LogP contribution in [0.2, 0.25) is 0 Å². The molecule has 1 saturated carbocycles. The average Bonchev–Trinajstić information content (AvgIpc) is 2.66. The minimum absolute atomic E-state index is 0.0667. The highest BCUT2D eigenvalue weighted by Crippen LogP contribution is 2.33. The number of Topliss-reactive ketones (excluding diaryl/α,β-unsaturated/α-hetero) is 1. The molecule has 0 saturated heterocycles. The lowest BCUT2D eigenvalue weighted by Gasteiger charge is -2.25. The third kappa shape index (κ3) is 8.22. The van der Waals surface area contributed by atoms with Crippen LogP contribution in [-0.4, -0.2) is 56.9 Å². The van der Waals surface area contributed by atoms with Crippen LogP contribution >= 0.6 is 0 Å². The summed E-state index contributed by atoms with van der Waals surface area (Å²) in [4.78, 5) is 43.1. The van der Waals surface area contributed by atoms with Gasteiger partial charge in [-0.25, -0.2) is 4.79 Å². The Bertz CT molecular complexity index is 564.